The summed E-state index contributed by atoms with van der Waals surface area (Å²) in [4.78, 5) is 0. The van der Waals surface area contributed by atoms with E-state index in [9.17, 15) is 0 Å². The first-order valence-electron chi connectivity index (χ1n) is 6.07. The van der Waals surface area contributed by atoms with Crippen LogP contribution in [0.25, 0.3) is 0 Å². The molecule has 0 saturated carbocycles. The fourth-order valence-corrected chi connectivity index (χ4v) is 2.54. The van der Waals surface area contributed by atoms with Crippen molar-refractivity contribution in [2.24, 2.45) is 0 Å². The van der Waals surface area contributed by atoms with Gasteiger partial charge in [-0.05, 0) is 54.8 Å². The number of thiophene rings is 1. The average Bonchev–Trinajstić information content (AvgIpc) is 2.83. The first-order valence-corrected chi connectivity index (χ1v) is 7.01. The Bertz CT molecular complexity index is 430. The van der Waals surface area contributed by atoms with Crippen molar-refractivity contribution < 1.29 is 0 Å². The Balaban J connectivity index is 1.81. The van der Waals surface area contributed by atoms with Crippen LogP contribution in [0.5, 0.6) is 0 Å². The van der Waals surface area contributed by atoms with Gasteiger partial charge in [-0.3, -0.25) is 0 Å². The van der Waals surface area contributed by atoms with Gasteiger partial charge < -0.3 is 5.32 Å². The fourth-order valence-electron chi connectivity index (χ4n) is 1.84. The topological polar surface area (TPSA) is 12.0 Å². The van der Waals surface area contributed by atoms with Gasteiger partial charge in [0, 0.05) is 6.04 Å². The SMILES string of the molecule is Cc1ccc([C@H](C)NCCc2ccsc2)cc1. The zero-order chi connectivity index (χ0) is 12.1. The van der Waals surface area contributed by atoms with E-state index in [2.05, 4.69) is 60.3 Å². The molecule has 0 saturated heterocycles. The molecule has 1 aromatic heterocycles. The molecule has 17 heavy (non-hydrogen) atoms. The Morgan fingerprint density at radius 3 is 2.59 bits per heavy atom. The average molecular weight is 245 g/mol. The van der Waals surface area contributed by atoms with E-state index in [1.165, 1.54) is 16.7 Å². The van der Waals surface area contributed by atoms with Crippen LogP contribution in [-0.2, 0) is 6.42 Å². The summed E-state index contributed by atoms with van der Waals surface area (Å²) in [5, 5.41) is 7.92. The molecule has 0 amide bonds. The predicted octanol–water partition coefficient (Wildman–Crippen LogP) is 3.95. The summed E-state index contributed by atoms with van der Waals surface area (Å²) in [5.74, 6) is 0. The third-order valence-electron chi connectivity index (χ3n) is 3.02. The number of rotatable bonds is 5. The van der Waals surface area contributed by atoms with E-state index < -0.39 is 0 Å². The second kappa shape index (κ2) is 5.99. The number of benzene rings is 1. The van der Waals surface area contributed by atoms with Gasteiger partial charge in [-0.15, -0.1) is 0 Å². The van der Waals surface area contributed by atoms with E-state index in [0.717, 1.165) is 13.0 Å². The molecule has 1 aromatic carbocycles. The maximum Gasteiger partial charge on any atom is 0.0291 e. The van der Waals surface area contributed by atoms with Crippen molar-refractivity contribution in [3.8, 4) is 0 Å². The normalized spacial score (nSPS) is 12.6. The van der Waals surface area contributed by atoms with Crippen molar-refractivity contribution >= 4 is 11.3 Å². The molecule has 1 atom stereocenters. The molecule has 1 N–H and O–H groups in total. The van der Waals surface area contributed by atoms with Gasteiger partial charge in [0.25, 0.3) is 0 Å². The second-order valence-corrected chi connectivity index (χ2v) is 5.25. The Kier molecular flexibility index (Phi) is 4.35. The highest BCUT2D eigenvalue weighted by molar-refractivity contribution is 7.07. The van der Waals surface area contributed by atoms with Crippen molar-refractivity contribution in [1.82, 2.24) is 5.32 Å². The monoisotopic (exact) mass is 245 g/mol. The minimum Gasteiger partial charge on any atom is -0.310 e. The van der Waals surface area contributed by atoms with Gasteiger partial charge in [0.2, 0.25) is 0 Å². The van der Waals surface area contributed by atoms with Crippen LogP contribution in [0.2, 0.25) is 0 Å². The Morgan fingerprint density at radius 1 is 1.18 bits per heavy atom. The van der Waals surface area contributed by atoms with Crippen LogP contribution in [0.1, 0.15) is 29.7 Å². The van der Waals surface area contributed by atoms with Crippen molar-refractivity contribution in [1.29, 1.82) is 0 Å². The van der Waals surface area contributed by atoms with Gasteiger partial charge in [0.05, 0.1) is 0 Å². The van der Waals surface area contributed by atoms with Crippen molar-refractivity contribution in [3.05, 3.63) is 57.8 Å². The summed E-state index contributed by atoms with van der Waals surface area (Å²) in [5.41, 5.74) is 4.11. The molecule has 0 unspecified atom stereocenters. The lowest BCUT2D eigenvalue weighted by atomic mass is 10.1. The predicted molar refractivity (Wildman–Crippen MR) is 75.6 cm³/mol. The van der Waals surface area contributed by atoms with Gasteiger partial charge in [-0.25, -0.2) is 0 Å². The highest BCUT2D eigenvalue weighted by atomic mass is 32.1. The van der Waals surface area contributed by atoms with E-state index in [-0.39, 0.29) is 0 Å². The summed E-state index contributed by atoms with van der Waals surface area (Å²) in [6.45, 7) is 5.38. The van der Waals surface area contributed by atoms with Crippen LogP contribution in [0.15, 0.2) is 41.1 Å². The van der Waals surface area contributed by atoms with Crippen LogP contribution < -0.4 is 5.32 Å². The standard InChI is InChI=1S/C15H19NS/c1-12-3-5-15(6-4-12)13(2)16-9-7-14-8-10-17-11-14/h3-6,8,10-11,13,16H,7,9H2,1-2H3/t13-/m0/s1. The molecule has 2 heteroatoms. The lowest BCUT2D eigenvalue weighted by molar-refractivity contribution is 0.577. The van der Waals surface area contributed by atoms with Gasteiger partial charge in [-0.2, -0.15) is 11.3 Å². The molecule has 0 aliphatic heterocycles. The lowest BCUT2D eigenvalue weighted by Gasteiger charge is -2.14. The molecule has 0 fully saturated rings. The van der Waals surface area contributed by atoms with Gasteiger partial charge in [0.15, 0.2) is 0 Å². The minimum absolute atomic E-state index is 0.425. The quantitative estimate of drug-likeness (QED) is 0.841. The van der Waals surface area contributed by atoms with Crippen molar-refractivity contribution in [2.45, 2.75) is 26.3 Å². The zero-order valence-electron chi connectivity index (χ0n) is 10.4. The smallest absolute Gasteiger partial charge is 0.0291 e. The van der Waals surface area contributed by atoms with Crippen LogP contribution in [0, 0.1) is 6.92 Å². The summed E-state index contributed by atoms with van der Waals surface area (Å²) < 4.78 is 0. The molecule has 0 aliphatic carbocycles. The molecular formula is C15H19NS. The number of hydrogen-bond acceptors (Lipinski definition) is 2. The molecule has 2 rings (SSSR count). The van der Waals surface area contributed by atoms with Crippen molar-refractivity contribution in [2.75, 3.05) is 6.54 Å². The van der Waals surface area contributed by atoms with Gasteiger partial charge >= 0.3 is 0 Å². The van der Waals surface area contributed by atoms with Crippen LogP contribution >= 0.6 is 11.3 Å². The van der Waals surface area contributed by atoms with E-state index in [4.69, 9.17) is 0 Å². The third kappa shape index (κ3) is 3.69. The highest BCUT2D eigenvalue weighted by Gasteiger charge is 2.03. The van der Waals surface area contributed by atoms with E-state index in [0.29, 0.717) is 6.04 Å². The van der Waals surface area contributed by atoms with E-state index >= 15 is 0 Å². The molecular weight excluding hydrogens is 226 g/mol. The van der Waals surface area contributed by atoms with Crippen LogP contribution in [-0.4, -0.2) is 6.54 Å². The first-order chi connectivity index (χ1) is 8.25. The Labute approximate surface area is 108 Å². The largest absolute Gasteiger partial charge is 0.310 e. The minimum atomic E-state index is 0.425. The fraction of sp³-hybridized carbons (Fsp3) is 0.333. The highest BCUT2D eigenvalue weighted by Crippen LogP contribution is 2.13. The second-order valence-electron chi connectivity index (χ2n) is 4.47. The number of hydrogen-bond donors (Lipinski definition) is 1. The molecule has 0 aliphatic rings. The van der Waals surface area contributed by atoms with Crippen LogP contribution in [0.3, 0.4) is 0 Å². The summed E-state index contributed by atoms with van der Waals surface area (Å²) in [6, 6.07) is 11.4. The molecule has 1 nitrogen and oxygen atoms in total. The summed E-state index contributed by atoms with van der Waals surface area (Å²) in [7, 11) is 0. The maximum atomic E-state index is 3.56. The van der Waals surface area contributed by atoms with Crippen molar-refractivity contribution in [3.63, 3.8) is 0 Å². The van der Waals surface area contributed by atoms with E-state index in [1.54, 1.807) is 11.3 Å². The van der Waals surface area contributed by atoms with Gasteiger partial charge in [0.1, 0.15) is 0 Å². The number of nitrogens with one attached hydrogen (secondary N) is 1. The maximum absolute atomic E-state index is 3.56. The molecule has 0 radical (unpaired) electrons. The zero-order valence-corrected chi connectivity index (χ0v) is 11.3. The summed E-state index contributed by atoms with van der Waals surface area (Å²) in [6.07, 6.45) is 1.11. The Morgan fingerprint density at radius 2 is 1.94 bits per heavy atom. The molecule has 2 aromatic rings. The molecule has 1 heterocycles. The number of aryl methyl sites for hydroxylation is 1. The van der Waals surface area contributed by atoms with Crippen LogP contribution in [0.4, 0.5) is 0 Å². The van der Waals surface area contributed by atoms with E-state index in [1.807, 2.05) is 0 Å². The lowest BCUT2D eigenvalue weighted by Crippen LogP contribution is -2.21. The molecule has 0 spiro atoms. The third-order valence-corrected chi connectivity index (χ3v) is 3.75. The molecule has 90 valence electrons. The first kappa shape index (κ1) is 12.3. The van der Waals surface area contributed by atoms with Gasteiger partial charge in [-0.1, -0.05) is 29.8 Å². The summed E-state index contributed by atoms with van der Waals surface area (Å²) >= 11 is 1.77. The Hall–Kier alpha value is -1.12. The molecule has 0 bridgehead atoms.